The Morgan fingerprint density at radius 2 is 2.07 bits per heavy atom. The van der Waals surface area contributed by atoms with Gasteiger partial charge in [-0.15, -0.1) is 0 Å². The summed E-state index contributed by atoms with van der Waals surface area (Å²) in [6.07, 6.45) is 12.4. The molecular formula is C12H15NO. The van der Waals surface area contributed by atoms with Gasteiger partial charge in [0.2, 0.25) is 0 Å². The van der Waals surface area contributed by atoms with Gasteiger partial charge in [0.15, 0.2) is 0 Å². The maximum Gasteiger partial charge on any atom is 0.150 e. The highest BCUT2D eigenvalue weighted by Crippen LogP contribution is 2.18. The SMILES string of the molecule is CC.O=CC1=C2C=CC=CC2NC=C1. The van der Waals surface area contributed by atoms with Gasteiger partial charge in [-0.05, 0) is 17.8 Å². The zero-order chi connectivity index (χ0) is 10.4. The van der Waals surface area contributed by atoms with Crippen molar-refractivity contribution in [1.82, 2.24) is 5.32 Å². The third-order valence-electron chi connectivity index (χ3n) is 2.02. The van der Waals surface area contributed by atoms with Crippen molar-refractivity contribution >= 4 is 6.29 Å². The van der Waals surface area contributed by atoms with Crippen molar-refractivity contribution in [2.24, 2.45) is 0 Å². The van der Waals surface area contributed by atoms with Crippen LogP contribution >= 0.6 is 0 Å². The second-order valence-electron chi connectivity index (χ2n) is 2.75. The van der Waals surface area contributed by atoms with E-state index in [1.54, 1.807) is 12.3 Å². The third-order valence-corrected chi connectivity index (χ3v) is 2.02. The Morgan fingerprint density at radius 3 is 2.79 bits per heavy atom. The van der Waals surface area contributed by atoms with E-state index in [1.165, 1.54) is 0 Å². The molecule has 14 heavy (non-hydrogen) atoms. The summed E-state index contributed by atoms with van der Waals surface area (Å²) in [5, 5.41) is 3.15. The number of fused-ring (bicyclic) bond motifs is 1. The first-order valence-electron chi connectivity index (χ1n) is 4.88. The molecule has 0 amide bonds. The van der Waals surface area contributed by atoms with E-state index in [0.29, 0.717) is 0 Å². The van der Waals surface area contributed by atoms with Crippen LogP contribution in [-0.4, -0.2) is 12.3 Å². The molecule has 0 radical (unpaired) electrons. The van der Waals surface area contributed by atoms with Gasteiger partial charge in [-0.3, -0.25) is 4.79 Å². The zero-order valence-electron chi connectivity index (χ0n) is 8.53. The number of allylic oxidation sites excluding steroid dienone is 4. The van der Waals surface area contributed by atoms with Crippen LogP contribution in [0.2, 0.25) is 0 Å². The molecule has 0 aromatic rings. The van der Waals surface area contributed by atoms with Gasteiger partial charge >= 0.3 is 0 Å². The average molecular weight is 189 g/mol. The molecule has 0 aromatic carbocycles. The first kappa shape index (κ1) is 10.5. The molecule has 1 aliphatic carbocycles. The average Bonchev–Trinajstić information content (AvgIpc) is 2.31. The number of hydrogen-bond acceptors (Lipinski definition) is 2. The Bertz CT molecular complexity index is 321. The number of dihydropyridines is 1. The van der Waals surface area contributed by atoms with Crippen molar-refractivity contribution < 1.29 is 4.79 Å². The van der Waals surface area contributed by atoms with Crippen molar-refractivity contribution in [2.45, 2.75) is 19.9 Å². The van der Waals surface area contributed by atoms with Gasteiger partial charge in [-0.1, -0.05) is 38.2 Å². The van der Waals surface area contributed by atoms with Crippen molar-refractivity contribution in [2.75, 3.05) is 0 Å². The predicted octanol–water partition coefficient (Wildman–Crippen LogP) is 2.12. The molecule has 2 nitrogen and oxygen atoms in total. The minimum Gasteiger partial charge on any atom is -0.381 e. The molecule has 1 heterocycles. The molecule has 0 saturated carbocycles. The molecule has 1 atom stereocenters. The summed E-state index contributed by atoms with van der Waals surface area (Å²) in [5.41, 5.74) is 1.81. The molecule has 0 aromatic heterocycles. The van der Waals surface area contributed by atoms with Crippen LogP contribution in [0.4, 0.5) is 0 Å². The zero-order valence-corrected chi connectivity index (χ0v) is 8.53. The minimum atomic E-state index is 0.181. The van der Waals surface area contributed by atoms with E-state index >= 15 is 0 Å². The predicted molar refractivity (Wildman–Crippen MR) is 58.8 cm³/mol. The molecule has 0 saturated heterocycles. The highest BCUT2D eigenvalue weighted by atomic mass is 16.1. The highest BCUT2D eigenvalue weighted by molar-refractivity contribution is 5.81. The fourth-order valence-electron chi connectivity index (χ4n) is 1.41. The quantitative estimate of drug-likeness (QED) is 0.640. The molecule has 0 bridgehead atoms. The van der Waals surface area contributed by atoms with Gasteiger partial charge in [0.05, 0.1) is 6.04 Å². The maximum atomic E-state index is 10.6. The molecule has 2 rings (SSSR count). The fraction of sp³-hybridized carbons (Fsp3) is 0.250. The van der Waals surface area contributed by atoms with Crippen LogP contribution < -0.4 is 5.32 Å². The highest BCUT2D eigenvalue weighted by Gasteiger charge is 2.15. The van der Waals surface area contributed by atoms with Crippen molar-refractivity contribution in [3.05, 3.63) is 47.7 Å². The molecule has 74 valence electrons. The number of nitrogens with one attached hydrogen (secondary N) is 1. The number of hydrogen-bond donors (Lipinski definition) is 1. The lowest BCUT2D eigenvalue weighted by Gasteiger charge is -2.21. The Hall–Kier alpha value is -1.57. The summed E-state index contributed by atoms with van der Waals surface area (Å²) in [5.74, 6) is 0. The molecule has 2 aliphatic rings. The van der Waals surface area contributed by atoms with Gasteiger partial charge < -0.3 is 5.32 Å². The summed E-state index contributed by atoms with van der Waals surface area (Å²) in [6.45, 7) is 4.00. The van der Waals surface area contributed by atoms with Crippen molar-refractivity contribution in [3.63, 3.8) is 0 Å². The van der Waals surface area contributed by atoms with E-state index in [4.69, 9.17) is 0 Å². The molecule has 1 aliphatic heterocycles. The van der Waals surface area contributed by atoms with Crippen LogP contribution in [0.3, 0.4) is 0 Å². The Kier molecular flexibility index (Phi) is 3.92. The number of carbonyl (C=O) groups is 1. The largest absolute Gasteiger partial charge is 0.381 e. The van der Waals surface area contributed by atoms with E-state index < -0.39 is 0 Å². The fourth-order valence-corrected chi connectivity index (χ4v) is 1.41. The molecule has 0 fully saturated rings. The summed E-state index contributed by atoms with van der Waals surface area (Å²) in [6, 6.07) is 0.181. The topological polar surface area (TPSA) is 29.1 Å². The van der Waals surface area contributed by atoms with Crippen molar-refractivity contribution in [1.29, 1.82) is 0 Å². The van der Waals surface area contributed by atoms with Crippen LogP contribution in [0.15, 0.2) is 47.7 Å². The Balaban J connectivity index is 0.000000461. The van der Waals surface area contributed by atoms with E-state index in [-0.39, 0.29) is 6.04 Å². The first-order chi connectivity index (χ1) is 6.92. The first-order valence-corrected chi connectivity index (χ1v) is 4.88. The van der Waals surface area contributed by atoms with Crippen molar-refractivity contribution in [3.8, 4) is 0 Å². The number of carbonyl (C=O) groups excluding carboxylic acids is 1. The summed E-state index contributed by atoms with van der Waals surface area (Å²) in [4.78, 5) is 10.6. The minimum absolute atomic E-state index is 0.181. The molecule has 2 heteroatoms. The van der Waals surface area contributed by atoms with Crippen LogP contribution in [-0.2, 0) is 4.79 Å². The standard InChI is InChI=1S/C10H9NO.C2H6/c12-7-8-5-6-11-10-4-2-1-3-9(8)10;1-2/h1-7,10-11H;1-2H3. The van der Waals surface area contributed by atoms with Crippen LogP contribution in [0.5, 0.6) is 0 Å². The number of aldehydes is 1. The maximum absolute atomic E-state index is 10.6. The Morgan fingerprint density at radius 1 is 1.29 bits per heavy atom. The summed E-state index contributed by atoms with van der Waals surface area (Å²) in [7, 11) is 0. The van der Waals surface area contributed by atoms with Crippen LogP contribution in [0.1, 0.15) is 13.8 Å². The monoisotopic (exact) mass is 189 g/mol. The second kappa shape index (κ2) is 5.22. The van der Waals surface area contributed by atoms with Gasteiger partial charge in [-0.25, -0.2) is 0 Å². The van der Waals surface area contributed by atoms with E-state index in [2.05, 4.69) is 5.32 Å². The normalized spacial score (nSPS) is 22.0. The van der Waals surface area contributed by atoms with Gasteiger partial charge in [0.1, 0.15) is 6.29 Å². The lowest BCUT2D eigenvalue weighted by Crippen LogP contribution is -2.28. The van der Waals surface area contributed by atoms with E-state index in [9.17, 15) is 4.79 Å². The van der Waals surface area contributed by atoms with Gasteiger partial charge in [-0.2, -0.15) is 0 Å². The lowest BCUT2D eigenvalue weighted by molar-refractivity contribution is -0.104. The molecule has 0 spiro atoms. The molecule has 1 unspecified atom stereocenters. The second-order valence-corrected chi connectivity index (χ2v) is 2.75. The summed E-state index contributed by atoms with van der Waals surface area (Å²) < 4.78 is 0. The van der Waals surface area contributed by atoms with E-state index in [0.717, 1.165) is 17.4 Å². The molecular weight excluding hydrogens is 174 g/mol. The smallest absolute Gasteiger partial charge is 0.150 e. The van der Waals surface area contributed by atoms with Gasteiger partial charge in [0.25, 0.3) is 0 Å². The molecule has 1 N–H and O–H groups in total. The number of rotatable bonds is 1. The lowest BCUT2D eigenvalue weighted by atomic mass is 9.95. The van der Waals surface area contributed by atoms with Gasteiger partial charge in [0, 0.05) is 5.57 Å². The Labute approximate surface area is 84.7 Å². The van der Waals surface area contributed by atoms with Crippen LogP contribution in [0.25, 0.3) is 0 Å². The third kappa shape index (κ3) is 2.02. The van der Waals surface area contributed by atoms with Crippen LogP contribution in [0, 0.1) is 0 Å². The summed E-state index contributed by atoms with van der Waals surface area (Å²) >= 11 is 0. The van der Waals surface area contributed by atoms with E-state index in [1.807, 2.05) is 38.2 Å².